The lowest BCUT2D eigenvalue weighted by Crippen LogP contribution is -2.37. The first kappa shape index (κ1) is 33.8. The Morgan fingerprint density at radius 3 is 2.50 bits per heavy atom. The molecule has 0 aliphatic carbocycles. The highest BCUT2D eigenvalue weighted by Crippen LogP contribution is 2.32. The summed E-state index contributed by atoms with van der Waals surface area (Å²) < 4.78 is 17.8. The fraction of sp³-hybridized carbons (Fsp3) is 0.241. The molecule has 44 heavy (non-hydrogen) atoms. The van der Waals surface area contributed by atoms with Gasteiger partial charge in [0.1, 0.15) is 6.61 Å². The second-order valence-electron chi connectivity index (χ2n) is 9.39. The molecule has 0 saturated carbocycles. The molecule has 0 bridgehead atoms. The van der Waals surface area contributed by atoms with Gasteiger partial charge in [0.2, 0.25) is 17.8 Å². The summed E-state index contributed by atoms with van der Waals surface area (Å²) in [6, 6.07) is 14.5. The van der Waals surface area contributed by atoms with E-state index >= 15 is 0 Å². The third-order valence-electron chi connectivity index (χ3n) is 6.38. The number of ether oxygens (including phenoxy) is 3. The van der Waals surface area contributed by atoms with Crippen LogP contribution in [0.4, 0.5) is 23.5 Å². The van der Waals surface area contributed by atoms with Crippen LogP contribution < -0.4 is 25.1 Å². The van der Waals surface area contributed by atoms with Gasteiger partial charge in [-0.15, -0.1) is 12.4 Å². The highest BCUT2D eigenvalue weighted by Gasteiger charge is 2.17. The van der Waals surface area contributed by atoms with E-state index in [9.17, 15) is 0 Å². The molecule has 15 heteroatoms. The van der Waals surface area contributed by atoms with Crippen LogP contribution in [-0.4, -0.2) is 54.6 Å². The molecule has 2 N–H and O–H groups in total. The zero-order valence-electron chi connectivity index (χ0n) is 23.6. The van der Waals surface area contributed by atoms with Crippen molar-refractivity contribution in [3.63, 3.8) is 0 Å². The van der Waals surface area contributed by atoms with E-state index in [1.165, 1.54) is 0 Å². The summed E-state index contributed by atoms with van der Waals surface area (Å²) >= 11 is 22.2. The standard InChI is InChI=1S/C29H27BrCl3N7O3.ClH/c1-17-11-21(30)24(14-22(17)32)35-27-36-28(38-29(37-27)40-7-9-42-10-8-40)39-34-15-18-3-6-25(26(12-18)41-2)43-16-19-4-5-20(31)13-23(19)33;/h3-6,11-15H,7-10,16H2,1-2H3,(H2,35,36,37,38,39);1H. The number of nitrogens with one attached hydrogen (secondary N) is 2. The maximum atomic E-state index is 6.36. The Morgan fingerprint density at radius 1 is 0.977 bits per heavy atom. The zero-order chi connectivity index (χ0) is 30.3. The van der Waals surface area contributed by atoms with E-state index in [0.29, 0.717) is 64.8 Å². The molecule has 0 spiro atoms. The van der Waals surface area contributed by atoms with E-state index in [1.54, 1.807) is 31.5 Å². The molecule has 5 rings (SSSR count). The van der Waals surface area contributed by atoms with Crippen LogP contribution in [0.2, 0.25) is 15.1 Å². The minimum atomic E-state index is 0. The number of methoxy groups -OCH3 is 1. The average molecular weight is 744 g/mol. The van der Waals surface area contributed by atoms with E-state index in [0.717, 1.165) is 26.9 Å². The predicted octanol–water partition coefficient (Wildman–Crippen LogP) is 7.94. The Bertz CT molecular complexity index is 1640. The van der Waals surface area contributed by atoms with Gasteiger partial charge in [0.05, 0.1) is 32.2 Å². The van der Waals surface area contributed by atoms with Gasteiger partial charge >= 0.3 is 0 Å². The molecule has 10 nitrogen and oxygen atoms in total. The van der Waals surface area contributed by atoms with Gasteiger partial charge in [-0.1, -0.05) is 40.9 Å². The van der Waals surface area contributed by atoms with Crippen LogP contribution in [0.1, 0.15) is 16.7 Å². The predicted molar refractivity (Wildman–Crippen MR) is 182 cm³/mol. The maximum absolute atomic E-state index is 6.36. The third-order valence-corrected chi connectivity index (χ3v) is 8.03. The first-order valence-corrected chi connectivity index (χ1v) is 15.1. The molecule has 1 aliphatic heterocycles. The molecule has 0 radical (unpaired) electrons. The molecule has 1 aliphatic rings. The van der Waals surface area contributed by atoms with Crippen molar-refractivity contribution >= 4 is 92.9 Å². The summed E-state index contributed by atoms with van der Waals surface area (Å²) in [5.74, 6) is 2.19. The topological polar surface area (TPSA) is 106 Å². The van der Waals surface area contributed by atoms with Gasteiger partial charge in [0, 0.05) is 38.2 Å². The number of rotatable bonds is 10. The lowest BCUT2D eigenvalue weighted by molar-refractivity contribution is 0.122. The van der Waals surface area contributed by atoms with Crippen LogP contribution >= 0.6 is 63.1 Å². The van der Waals surface area contributed by atoms with E-state index in [-0.39, 0.29) is 25.0 Å². The van der Waals surface area contributed by atoms with E-state index in [2.05, 4.69) is 46.7 Å². The van der Waals surface area contributed by atoms with Crippen molar-refractivity contribution in [1.82, 2.24) is 15.0 Å². The van der Waals surface area contributed by atoms with Crippen LogP contribution in [0.15, 0.2) is 58.1 Å². The third kappa shape index (κ3) is 8.77. The Balaban J connectivity index is 0.00000442. The SMILES string of the molecule is COc1cc(C=NNc2nc(Nc3cc(Cl)c(C)cc3Br)nc(N3CCOCC3)n2)ccc1OCc1ccc(Cl)cc1Cl.Cl. The molecule has 2 heterocycles. The summed E-state index contributed by atoms with van der Waals surface area (Å²) in [5, 5.41) is 9.30. The minimum Gasteiger partial charge on any atom is -0.493 e. The first-order chi connectivity index (χ1) is 20.8. The van der Waals surface area contributed by atoms with Gasteiger partial charge in [0.15, 0.2) is 11.5 Å². The van der Waals surface area contributed by atoms with Crippen molar-refractivity contribution in [3.05, 3.63) is 84.8 Å². The molecule has 0 unspecified atom stereocenters. The molecule has 0 atom stereocenters. The van der Waals surface area contributed by atoms with Gasteiger partial charge in [-0.3, -0.25) is 0 Å². The highest BCUT2D eigenvalue weighted by atomic mass is 79.9. The number of hydrogen-bond acceptors (Lipinski definition) is 10. The average Bonchev–Trinajstić information content (AvgIpc) is 3.00. The number of hydrazone groups is 1. The smallest absolute Gasteiger partial charge is 0.250 e. The number of aryl methyl sites for hydroxylation is 1. The van der Waals surface area contributed by atoms with Crippen LogP contribution in [0.3, 0.4) is 0 Å². The van der Waals surface area contributed by atoms with Crippen molar-refractivity contribution in [3.8, 4) is 11.5 Å². The molecule has 3 aromatic carbocycles. The molecule has 1 fully saturated rings. The quantitative estimate of drug-likeness (QED) is 0.124. The molecular formula is C29H28BrCl4N7O3. The summed E-state index contributed by atoms with van der Waals surface area (Å²) in [7, 11) is 1.57. The molecule has 1 saturated heterocycles. The van der Waals surface area contributed by atoms with Crippen LogP contribution in [-0.2, 0) is 11.3 Å². The van der Waals surface area contributed by atoms with Crippen LogP contribution in [0, 0.1) is 6.92 Å². The van der Waals surface area contributed by atoms with E-state index in [4.69, 9.17) is 49.0 Å². The van der Waals surface area contributed by atoms with E-state index in [1.807, 2.05) is 42.2 Å². The monoisotopic (exact) mass is 741 g/mol. The largest absolute Gasteiger partial charge is 0.493 e. The van der Waals surface area contributed by atoms with Crippen molar-refractivity contribution < 1.29 is 14.2 Å². The van der Waals surface area contributed by atoms with Gasteiger partial charge < -0.3 is 24.4 Å². The molecule has 232 valence electrons. The number of benzene rings is 3. The molecule has 1 aromatic heterocycles. The fourth-order valence-corrected chi connectivity index (χ4v) is 5.26. The van der Waals surface area contributed by atoms with Gasteiger partial charge in [-0.2, -0.15) is 20.1 Å². The number of aromatic nitrogens is 3. The van der Waals surface area contributed by atoms with Crippen molar-refractivity contribution in [1.29, 1.82) is 0 Å². The number of hydrogen-bond donors (Lipinski definition) is 2. The van der Waals surface area contributed by atoms with Crippen molar-refractivity contribution in [2.24, 2.45) is 5.10 Å². The second kappa shape index (κ2) is 15.8. The number of halogens is 5. The maximum Gasteiger partial charge on any atom is 0.250 e. The number of anilines is 4. The Labute approximate surface area is 284 Å². The van der Waals surface area contributed by atoms with Gasteiger partial charge in [-0.05, 0) is 76.4 Å². The normalized spacial score (nSPS) is 13.0. The van der Waals surface area contributed by atoms with Crippen molar-refractivity contribution in [2.45, 2.75) is 13.5 Å². The molecule has 4 aromatic rings. The number of morpholine rings is 1. The minimum absolute atomic E-state index is 0. The lowest BCUT2D eigenvalue weighted by Gasteiger charge is -2.27. The van der Waals surface area contributed by atoms with E-state index < -0.39 is 0 Å². The summed E-state index contributed by atoms with van der Waals surface area (Å²) in [6.45, 7) is 4.68. The highest BCUT2D eigenvalue weighted by molar-refractivity contribution is 9.10. The van der Waals surface area contributed by atoms with Gasteiger partial charge in [-0.25, -0.2) is 5.43 Å². The first-order valence-electron chi connectivity index (χ1n) is 13.1. The zero-order valence-corrected chi connectivity index (χ0v) is 28.3. The lowest BCUT2D eigenvalue weighted by atomic mass is 10.2. The van der Waals surface area contributed by atoms with Crippen molar-refractivity contribution in [2.75, 3.05) is 49.1 Å². The Morgan fingerprint density at radius 2 is 1.75 bits per heavy atom. The summed E-state index contributed by atoms with van der Waals surface area (Å²) in [4.78, 5) is 15.8. The number of nitrogens with zero attached hydrogens (tertiary/aromatic N) is 5. The molecular weight excluding hydrogens is 716 g/mol. The Hall–Kier alpha value is -3.06. The fourth-order valence-electron chi connectivity index (χ4n) is 4.08. The summed E-state index contributed by atoms with van der Waals surface area (Å²) in [6.07, 6.45) is 1.63. The van der Waals surface area contributed by atoms with Gasteiger partial charge in [0.25, 0.3) is 0 Å². The van der Waals surface area contributed by atoms with Crippen LogP contribution in [0.25, 0.3) is 0 Å². The van der Waals surface area contributed by atoms with Crippen LogP contribution in [0.5, 0.6) is 11.5 Å². The summed E-state index contributed by atoms with van der Waals surface area (Å²) in [5.41, 5.74) is 6.16. The second-order valence-corrected chi connectivity index (χ2v) is 11.5. The Kier molecular flexibility index (Phi) is 12.1. The molecule has 0 amide bonds.